The van der Waals surface area contributed by atoms with Gasteiger partial charge in [-0.25, -0.2) is 0 Å². The van der Waals surface area contributed by atoms with Gasteiger partial charge < -0.3 is 4.98 Å². The minimum atomic E-state index is -0.612. The van der Waals surface area contributed by atoms with Gasteiger partial charge in [-0.1, -0.05) is 54.8 Å². The van der Waals surface area contributed by atoms with Crippen molar-refractivity contribution in [2.24, 2.45) is 0 Å². The lowest BCUT2D eigenvalue weighted by Gasteiger charge is -2.28. The van der Waals surface area contributed by atoms with Gasteiger partial charge in [0, 0.05) is 22.1 Å². The lowest BCUT2D eigenvalue weighted by atomic mass is 9.78. The Morgan fingerprint density at radius 2 is 1.71 bits per heavy atom. The van der Waals surface area contributed by atoms with Gasteiger partial charge in [0.05, 0.1) is 11.8 Å². The molecule has 1 saturated carbocycles. The molecule has 1 aromatic heterocycles. The van der Waals surface area contributed by atoms with Crippen molar-refractivity contribution in [2.45, 2.75) is 37.5 Å². The molecule has 0 saturated heterocycles. The molecule has 1 fully saturated rings. The van der Waals surface area contributed by atoms with Crippen molar-refractivity contribution >= 4 is 34.3 Å². The first-order chi connectivity index (χ1) is 13.6. The molecule has 6 heteroatoms. The Morgan fingerprint density at radius 1 is 1.00 bits per heavy atom. The molecule has 0 aliphatic heterocycles. The number of carbonyl (C=O) groups excluding carboxylic acids is 2. The Bertz CT molecular complexity index is 1000. The van der Waals surface area contributed by atoms with Crippen molar-refractivity contribution in [3.63, 3.8) is 0 Å². The molecule has 1 aliphatic rings. The molecule has 1 aliphatic carbocycles. The van der Waals surface area contributed by atoms with Crippen molar-refractivity contribution in [1.82, 2.24) is 15.8 Å². The highest BCUT2D eigenvalue weighted by Gasteiger charge is 2.42. The van der Waals surface area contributed by atoms with E-state index < -0.39 is 5.41 Å². The van der Waals surface area contributed by atoms with E-state index in [9.17, 15) is 9.59 Å². The van der Waals surface area contributed by atoms with Crippen LogP contribution in [-0.2, 0) is 21.4 Å². The second-order valence-corrected chi connectivity index (χ2v) is 7.77. The van der Waals surface area contributed by atoms with Crippen LogP contribution in [0.3, 0.4) is 0 Å². The van der Waals surface area contributed by atoms with E-state index in [1.165, 1.54) is 0 Å². The molecule has 3 aromatic rings. The van der Waals surface area contributed by atoms with E-state index in [2.05, 4.69) is 15.8 Å². The second-order valence-electron chi connectivity index (χ2n) is 7.33. The predicted molar refractivity (Wildman–Crippen MR) is 110 cm³/mol. The summed E-state index contributed by atoms with van der Waals surface area (Å²) < 4.78 is 0. The molecule has 1 heterocycles. The standard InChI is InChI=1S/C22H22ClN3O2/c23-17-9-7-16(8-10-17)22(11-3-4-12-22)21(28)26-25-20(27)13-15-14-24-19-6-2-1-5-18(15)19/h1-2,5-10,14,24H,3-4,11-13H2,(H,25,27)(H,26,28). The van der Waals surface area contributed by atoms with E-state index in [0.29, 0.717) is 5.02 Å². The zero-order valence-electron chi connectivity index (χ0n) is 15.4. The second kappa shape index (κ2) is 7.68. The monoisotopic (exact) mass is 395 g/mol. The maximum Gasteiger partial charge on any atom is 0.249 e. The maximum atomic E-state index is 13.0. The van der Waals surface area contributed by atoms with Crippen LogP contribution in [0.1, 0.15) is 36.8 Å². The van der Waals surface area contributed by atoms with Gasteiger partial charge in [0.2, 0.25) is 11.8 Å². The first-order valence-electron chi connectivity index (χ1n) is 9.49. The first kappa shape index (κ1) is 18.6. The molecule has 28 heavy (non-hydrogen) atoms. The zero-order chi connectivity index (χ0) is 19.6. The Labute approximate surface area is 168 Å². The lowest BCUT2D eigenvalue weighted by Crippen LogP contribution is -2.50. The van der Waals surface area contributed by atoms with Gasteiger partial charge in [-0.2, -0.15) is 0 Å². The molecular formula is C22H22ClN3O2. The van der Waals surface area contributed by atoms with Crippen LogP contribution in [0.15, 0.2) is 54.7 Å². The van der Waals surface area contributed by atoms with Crippen molar-refractivity contribution in [3.8, 4) is 0 Å². The van der Waals surface area contributed by atoms with Crippen molar-refractivity contribution in [1.29, 1.82) is 0 Å². The number of hydrazine groups is 1. The molecule has 5 nitrogen and oxygen atoms in total. The number of H-pyrrole nitrogens is 1. The Balaban J connectivity index is 1.43. The largest absolute Gasteiger partial charge is 0.361 e. The van der Waals surface area contributed by atoms with Crippen LogP contribution in [0.25, 0.3) is 10.9 Å². The van der Waals surface area contributed by atoms with Crippen LogP contribution < -0.4 is 10.9 Å². The highest BCUT2D eigenvalue weighted by molar-refractivity contribution is 6.30. The summed E-state index contributed by atoms with van der Waals surface area (Å²) in [6.45, 7) is 0. The van der Waals surface area contributed by atoms with Crippen molar-refractivity contribution < 1.29 is 9.59 Å². The molecule has 3 N–H and O–H groups in total. The Morgan fingerprint density at radius 3 is 2.46 bits per heavy atom. The molecule has 0 spiro atoms. The third-order valence-corrected chi connectivity index (χ3v) is 5.88. The first-order valence-corrected chi connectivity index (χ1v) is 9.87. The molecule has 144 valence electrons. The van der Waals surface area contributed by atoms with Crippen LogP contribution in [0.2, 0.25) is 5.02 Å². The van der Waals surface area contributed by atoms with Gasteiger partial charge in [0.25, 0.3) is 0 Å². The fourth-order valence-electron chi connectivity index (χ4n) is 4.14. The zero-order valence-corrected chi connectivity index (χ0v) is 16.2. The lowest BCUT2D eigenvalue weighted by molar-refractivity contribution is -0.132. The Hall–Kier alpha value is -2.79. The van der Waals surface area contributed by atoms with Gasteiger partial charge in [-0.15, -0.1) is 0 Å². The van der Waals surface area contributed by atoms with Crippen LogP contribution in [0, 0.1) is 0 Å². The van der Waals surface area contributed by atoms with Gasteiger partial charge >= 0.3 is 0 Å². The average Bonchev–Trinajstić information content (AvgIpc) is 3.35. The van der Waals surface area contributed by atoms with Crippen molar-refractivity contribution in [3.05, 3.63) is 70.9 Å². The van der Waals surface area contributed by atoms with Gasteiger partial charge in [0.15, 0.2) is 0 Å². The topological polar surface area (TPSA) is 74.0 Å². The smallest absolute Gasteiger partial charge is 0.249 e. The normalized spacial score (nSPS) is 15.5. The molecule has 0 bridgehead atoms. The van der Waals surface area contributed by atoms with Crippen LogP contribution in [-0.4, -0.2) is 16.8 Å². The summed E-state index contributed by atoms with van der Waals surface area (Å²) in [6.07, 6.45) is 5.52. The average molecular weight is 396 g/mol. The summed E-state index contributed by atoms with van der Waals surface area (Å²) in [5.41, 5.74) is 7.46. The highest BCUT2D eigenvalue weighted by Crippen LogP contribution is 2.41. The predicted octanol–water partition coefficient (Wildman–Crippen LogP) is 4.02. The number of rotatable bonds is 4. The molecule has 0 atom stereocenters. The molecule has 2 amide bonds. The fraction of sp³-hybridized carbons (Fsp3) is 0.273. The number of aromatic nitrogens is 1. The van der Waals surface area contributed by atoms with E-state index in [1.807, 2.05) is 42.6 Å². The summed E-state index contributed by atoms with van der Waals surface area (Å²) in [6, 6.07) is 15.2. The van der Waals surface area contributed by atoms with Crippen LogP contribution in [0.5, 0.6) is 0 Å². The number of fused-ring (bicyclic) bond motifs is 1. The number of hydrogen-bond donors (Lipinski definition) is 3. The van der Waals surface area contributed by atoms with E-state index in [0.717, 1.165) is 47.7 Å². The molecule has 4 rings (SSSR count). The van der Waals surface area contributed by atoms with E-state index in [4.69, 9.17) is 11.6 Å². The Kier molecular flexibility index (Phi) is 5.09. The molecule has 2 aromatic carbocycles. The number of carbonyl (C=O) groups is 2. The molecular weight excluding hydrogens is 374 g/mol. The van der Waals surface area contributed by atoms with Crippen LogP contribution >= 0.6 is 11.6 Å². The van der Waals surface area contributed by atoms with E-state index in [1.54, 1.807) is 12.1 Å². The summed E-state index contributed by atoms with van der Waals surface area (Å²) in [7, 11) is 0. The molecule has 0 unspecified atom stereocenters. The molecule has 0 radical (unpaired) electrons. The summed E-state index contributed by atoms with van der Waals surface area (Å²) in [5, 5.41) is 1.65. The number of benzene rings is 2. The fourth-order valence-corrected chi connectivity index (χ4v) is 4.26. The summed E-state index contributed by atoms with van der Waals surface area (Å²) >= 11 is 6.00. The maximum absolute atomic E-state index is 13.0. The van der Waals surface area contributed by atoms with E-state index in [-0.39, 0.29) is 18.2 Å². The highest BCUT2D eigenvalue weighted by atomic mass is 35.5. The minimum Gasteiger partial charge on any atom is -0.361 e. The number of aromatic amines is 1. The number of halogens is 1. The minimum absolute atomic E-state index is 0.167. The van der Waals surface area contributed by atoms with E-state index >= 15 is 0 Å². The quantitative estimate of drug-likeness (QED) is 0.583. The van der Waals surface area contributed by atoms with Crippen LogP contribution in [0.4, 0.5) is 0 Å². The number of nitrogens with one attached hydrogen (secondary N) is 3. The summed E-state index contributed by atoms with van der Waals surface area (Å²) in [4.78, 5) is 28.6. The van der Waals surface area contributed by atoms with Gasteiger partial charge in [0.1, 0.15) is 0 Å². The SMILES string of the molecule is O=C(Cc1c[nH]c2ccccc12)NNC(=O)C1(c2ccc(Cl)cc2)CCCC1. The van der Waals surface area contributed by atoms with Gasteiger partial charge in [-0.05, 0) is 42.2 Å². The number of hydrogen-bond acceptors (Lipinski definition) is 2. The number of para-hydroxylation sites is 1. The third-order valence-electron chi connectivity index (χ3n) is 5.63. The third kappa shape index (κ3) is 3.50. The number of amides is 2. The van der Waals surface area contributed by atoms with Crippen molar-refractivity contribution in [2.75, 3.05) is 0 Å². The summed E-state index contributed by atoms with van der Waals surface area (Å²) in [5.74, 6) is -0.415. The van der Waals surface area contributed by atoms with Gasteiger partial charge in [-0.3, -0.25) is 20.4 Å².